The Morgan fingerprint density at radius 3 is 2.67 bits per heavy atom. The van der Waals surface area contributed by atoms with E-state index in [1.807, 2.05) is 5.32 Å². The van der Waals surface area contributed by atoms with Crippen molar-refractivity contribution in [2.45, 2.75) is 18.9 Å². The van der Waals surface area contributed by atoms with Gasteiger partial charge < -0.3 is 10.1 Å². The molecule has 0 aliphatic heterocycles. The molecular weight excluding hydrogens is 347 g/mol. The maximum Gasteiger partial charge on any atom is 0.341 e. The Bertz CT molecular complexity index is 590. The van der Waals surface area contributed by atoms with E-state index < -0.39 is 30.3 Å². The lowest BCUT2D eigenvalue weighted by molar-refractivity contribution is -0.123. The van der Waals surface area contributed by atoms with Gasteiger partial charge in [0.25, 0.3) is 5.91 Å². The molecule has 6 nitrogen and oxygen atoms in total. The van der Waals surface area contributed by atoms with Crippen molar-refractivity contribution in [2.24, 2.45) is 0 Å². The zero-order valence-electron chi connectivity index (χ0n) is 10.8. The molecule has 0 heterocycles. The van der Waals surface area contributed by atoms with Crippen LogP contribution < -0.4 is 10.6 Å². The van der Waals surface area contributed by atoms with E-state index in [0.717, 1.165) is 18.9 Å². The summed E-state index contributed by atoms with van der Waals surface area (Å²) in [4.78, 5) is 34.2. The van der Waals surface area contributed by atoms with Crippen molar-refractivity contribution in [2.75, 3.05) is 6.61 Å². The molecule has 3 amide bonds. The highest BCUT2D eigenvalue weighted by Gasteiger charge is 2.24. The van der Waals surface area contributed by atoms with Crippen LogP contribution in [0.5, 0.6) is 0 Å². The molecule has 0 atom stereocenters. The van der Waals surface area contributed by atoms with Gasteiger partial charge in [0.05, 0.1) is 5.56 Å². The highest BCUT2D eigenvalue weighted by Crippen LogP contribution is 2.18. The Hall–Kier alpha value is -1.96. The van der Waals surface area contributed by atoms with E-state index in [-0.39, 0.29) is 11.6 Å². The van der Waals surface area contributed by atoms with Crippen molar-refractivity contribution >= 4 is 33.8 Å². The molecule has 0 bridgehead atoms. The van der Waals surface area contributed by atoms with Gasteiger partial charge >= 0.3 is 12.0 Å². The molecule has 0 radical (unpaired) electrons. The largest absolute Gasteiger partial charge is 0.452 e. The molecule has 0 unspecified atom stereocenters. The molecule has 0 saturated heterocycles. The maximum absolute atomic E-state index is 13.5. The van der Waals surface area contributed by atoms with Gasteiger partial charge in [-0.1, -0.05) is 15.9 Å². The Kier molecular flexibility index (Phi) is 4.89. The van der Waals surface area contributed by atoms with E-state index in [1.165, 1.54) is 12.1 Å². The average Bonchev–Trinajstić information content (AvgIpc) is 3.19. The van der Waals surface area contributed by atoms with E-state index in [0.29, 0.717) is 4.47 Å². The van der Waals surface area contributed by atoms with Crippen LogP contribution in [-0.4, -0.2) is 30.6 Å². The fourth-order valence-electron chi connectivity index (χ4n) is 1.48. The van der Waals surface area contributed by atoms with E-state index in [4.69, 9.17) is 0 Å². The van der Waals surface area contributed by atoms with Crippen molar-refractivity contribution in [3.63, 3.8) is 0 Å². The SMILES string of the molecule is O=C(COC(=O)c1ccc(Br)cc1F)NC(=O)NC1CC1. The number of urea groups is 1. The minimum absolute atomic E-state index is 0.109. The van der Waals surface area contributed by atoms with Crippen LogP contribution in [0, 0.1) is 5.82 Å². The smallest absolute Gasteiger partial charge is 0.341 e. The molecule has 1 saturated carbocycles. The second-order valence-corrected chi connectivity index (χ2v) is 5.41. The summed E-state index contributed by atoms with van der Waals surface area (Å²) < 4.78 is 18.6. The Balaban J connectivity index is 1.79. The number of amides is 3. The monoisotopic (exact) mass is 358 g/mol. The van der Waals surface area contributed by atoms with Crippen molar-refractivity contribution in [3.05, 3.63) is 34.1 Å². The third-order valence-electron chi connectivity index (χ3n) is 2.65. The molecule has 1 aliphatic rings. The van der Waals surface area contributed by atoms with Crippen molar-refractivity contribution in [1.82, 2.24) is 10.6 Å². The van der Waals surface area contributed by atoms with Gasteiger partial charge in [0.1, 0.15) is 5.82 Å². The van der Waals surface area contributed by atoms with Crippen LogP contribution in [-0.2, 0) is 9.53 Å². The summed E-state index contributed by atoms with van der Waals surface area (Å²) in [6.45, 7) is -0.660. The van der Waals surface area contributed by atoms with E-state index in [9.17, 15) is 18.8 Å². The maximum atomic E-state index is 13.5. The van der Waals surface area contributed by atoms with Gasteiger partial charge in [0, 0.05) is 10.5 Å². The summed E-state index contributed by atoms with van der Waals surface area (Å²) in [5.74, 6) is -2.52. The standard InChI is InChI=1S/C13H12BrFN2O4/c14-7-1-4-9(10(15)5-7)12(19)21-6-11(18)17-13(20)16-8-2-3-8/h1,4-5,8H,2-3,6H2,(H2,16,17,18,20). The Morgan fingerprint density at radius 1 is 1.33 bits per heavy atom. The number of benzene rings is 1. The molecule has 1 aromatic rings. The zero-order valence-corrected chi connectivity index (χ0v) is 12.4. The molecule has 21 heavy (non-hydrogen) atoms. The van der Waals surface area contributed by atoms with Crippen molar-refractivity contribution < 1.29 is 23.5 Å². The lowest BCUT2D eigenvalue weighted by Gasteiger charge is -2.07. The van der Waals surface area contributed by atoms with Gasteiger partial charge in [-0.15, -0.1) is 0 Å². The number of hydrogen-bond donors (Lipinski definition) is 2. The number of rotatable bonds is 4. The van der Waals surface area contributed by atoms with Crippen LogP contribution in [0.25, 0.3) is 0 Å². The third kappa shape index (κ3) is 4.82. The lowest BCUT2D eigenvalue weighted by atomic mass is 10.2. The fourth-order valence-corrected chi connectivity index (χ4v) is 1.81. The number of ether oxygens (including phenoxy) is 1. The summed E-state index contributed by atoms with van der Waals surface area (Å²) in [5, 5.41) is 4.56. The second-order valence-electron chi connectivity index (χ2n) is 4.50. The predicted molar refractivity (Wildman–Crippen MR) is 74.1 cm³/mol. The van der Waals surface area contributed by atoms with E-state index >= 15 is 0 Å². The minimum Gasteiger partial charge on any atom is -0.452 e. The van der Waals surface area contributed by atoms with Gasteiger partial charge in [0.2, 0.25) is 0 Å². The summed E-state index contributed by atoms with van der Waals surface area (Å²) in [5.41, 5.74) is -0.284. The summed E-state index contributed by atoms with van der Waals surface area (Å²) in [6, 6.07) is 3.30. The number of esters is 1. The Labute approximate surface area is 128 Å². The molecule has 112 valence electrons. The third-order valence-corrected chi connectivity index (χ3v) is 3.14. The summed E-state index contributed by atoms with van der Waals surface area (Å²) in [7, 11) is 0. The van der Waals surface area contributed by atoms with Crippen LogP contribution in [0.2, 0.25) is 0 Å². The first-order valence-corrected chi connectivity index (χ1v) is 6.97. The molecule has 2 N–H and O–H groups in total. The Morgan fingerprint density at radius 2 is 2.05 bits per heavy atom. The first kappa shape index (κ1) is 15.4. The number of hydrogen-bond acceptors (Lipinski definition) is 4. The van der Waals surface area contributed by atoms with Crippen LogP contribution in [0.15, 0.2) is 22.7 Å². The van der Waals surface area contributed by atoms with Gasteiger partial charge in [-0.2, -0.15) is 0 Å². The summed E-state index contributed by atoms with van der Waals surface area (Å²) >= 11 is 3.06. The normalized spacial score (nSPS) is 13.4. The quantitative estimate of drug-likeness (QED) is 0.802. The number of carbonyl (C=O) groups is 3. The van der Waals surface area contributed by atoms with Crippen LogP contribution in [0.3, 0.4) is 0 Å². The number of carbonyl (C=O) groups excluding carboxylic acids is 3. The molecule has 0 spiro atoms. The number of nitrogens with one attached hydrogen (secondary N) is 2. The number of halogens is 2. The molecule has 8 heteroatoms. The van der Waals surface area contributed by atoms with Gasteiger partial charge in [-0.05, 0) is 31.0 Å². The molecule has 1 fully saturated rings. The van der Waals surface area contributed by atoms with Gasteiger partial charge in [0.15, 0.2) is 6.61 Å². The van der Waals surface area contributed by atoms with E-state index in [2.05, 4.69) is 26.0 Å². The molecule has 1 aromatic carbocycles. The second kappa shape index (κ2) is 6.66. The summed E-state index contributed by atoms with van der Waals surface area (Å²) in [6.07, 6.45) is 1.78. The fraction of sp³-hybridized carbons (Fsp3) is 0.308. The van der Waals surface area contributed by atoms with Gasteiger partial charge in [-0.3, -0.25) is 10.1 Å². The minimum atomic E-state index is -0.974. The molecule has 0 aromatic heterocycles. The van der Waals surface area contributed by atoms with Crippen LogP contribution >= 0.6 is 15.9 Å². The first-order chi connectivity index (χ1) is 9.95. The molecule has 1 aliphatic carbocycles. The highest BCUT2D eigenvalue weighted by atomic mass is 79.9. The van der Waals surface area contributed by atoms with Crippen LogP contribution in [0.1, 0.15) is 23.2 Å². The van der Waals surface area contributed by atoms with Crippen molar-refractivity contribution in [3.8, 4) is 0 Å². The predicted octanol–water partition coefficient (Wildman–Crippen LogP) is 1.73. The van der Waals surface area contributed by atoms with Gasteiger partial charge in [-0.25, -0.2) is 14.0 Å². The van der Waals surface area contributed by atoms with E-state index in [1.54, 1.807) is 0 Å². The zero-order chi connectivity index (χ0) is 15.4. The molecular formula is C13H12BrFN2O4. The average molecular weight is 359 g/mol. The lowest BCUT2D eigenvalue weighted by Crippen LogP contribution is -2.42. The van der Waals surface area contributed by atoms with Crippen LogP contribution in [0.4, 0.5) is 9.18 Å². The van der Waals surface area contributed by atoms with Crippen molar-refractivity contribution in [1.29, 1.82) is 0 Å². The topological polar surface area (TPSA) is 84.5 Å². The number of imide groups is 1. The highest BCUT2D eigenvalue weighted by molar-refractivity contribution is 9.10. The first-order valence-electron chi connectivity index (χ1n) is 6.18. The molecule has 2 rings (SSSR count).